The van der Waals surface area contributed by atoms with Gasteiger partial charge in [0.25, 0.3) is 6.47 Å². The van der Waals surface area contributed by atoms with Crippen LogP contribution >= 0.6 is 0 Å². The highest BCUT2D eigenvalue weighted by Gasteiger charge is 2.11. The predicted molar refractivity (Wildman–Crippen MR) is 47.0 cm³/mol. The monoisotopic (exact) mass is 188 g/mol. The molecule has 0 saturated heterocycles. The Morgan fingerprint density at radius 2 is 2.08 bits per heavy atom. The van der Waals surface area contributed by atoms with E-state index in [4.69, 9.17) is 4.74 Å². The van der Waals surface area contributed by atoms with Gasteiger partial charge in [0.15, 0.2) is 0 Å². The number of ether oxygens (including phenoxy) is 2. The van der Waals surface area contributed by atoms with Crippen LogP contribution in [-0.2, 0) is 19.1 Å². The Balaban J connectivity index is 3.57. The van der Waals surface area contributed by atoms with Gasteiger partial charge < -0.3 is 9.47 Å². The Kier molecular flexibility index (Phi) is 5.93. The maximum absolute atomic E-state index is 10.5. The van der Waals surface area contributed by atoms with Crippen LogP contribution < -0.4 is 0 Å². The van der Waals surface area contributed by atoms with Crippen molar-refractivity contribution < 1.29 is 19.1 Å². The normalized spacial score (nSPS) is 14.4. The lowest BCUT2D eigenvalue weighted by molar-refractivity contribution is -0.146. The highest BCUT2D eigenvalue weighted by atomic mass is 16.5. The van der Waals surface area contributed by atoms with Gasteiger partial charge in [0, 0.05) is 6.92 Å². The van der Waals surface area contributed by atoms with E-state index >= 15 is 0 Å². The van der Waals surface area contributed by atoms with E-state index in [2.05, 4.69) is 4.74 Å². The molecule has 0 N–H and O–H groups in total. The number of carbonyl (C=O) groups is 2. The molecule has 0 radical (unpaired) electrons. The van der Waals surface area contributed by atoms with Gasteiger partial charge in [0.05, 0.1) is 12.7 Å². The predicted octanol–water partition coefficient (Wildman–Crippen LogP) is 1.14. The average molecular weight is 188 g/mol. The zero-order valence-electron chi connectivity index (χ0n) is 8.28. The van der Waals surface area contributed by atoms with Crippen LogP contribution in [0.2, 0.25) is 0 Å². The van der Waals surface area contributed by atoms with E-state index in [0.29, 0.717) is 19.5 Å². The second-order valence-corrected chi connectivity index (χ2v) is 3.19. The third-order valence-corrected chi connectivity index (χ3v) is 1.55. The topological polar surface area (TPSA) is 52.6 Å². The first-order valence-corrected chi connectivity index (χ1v) is 4.28. The van der Waals surface area contributed by atoms with Crippen molar-refractivity contribution >= 4 is 12.4 Å². The van der Waals surface area contributed by atoms with E-state index < -0.39 is 0 Å². The lowest BCUT2D eigenvalue weighted by Gasteiger charge is -2.15. The fourth-order valence-corrected chi connectivity index (χ4v) is 1.17. The number of carbonyl (C=O) groups excluding carboxylic acids is 2. The summed E-state index contributed by atoms with van der Waals surface area (Å²) in [6, 6.07) is 0. The molecule has 2 atom stereocenters. The van der Waals surface area contributed by atoms with Crippen LogP contribution in [0.15, 0.2) is 0 Å². The first-order valence-electron chi connectivity index (χ1n) is 4.28. The van der Waals surface area contributed by atoms with E-state index in [9.17, 15) is 9.59 Å². The zero-order chi connectivity index (χ0) is 10.3. The van der Waals surface area contributed by atoms with Gasteiger partial charge in [-0.15, -0.1) is 0 Å². The zero-order valence-corrected chi connectivity index (χ0v) is 8.28. The first kappa shape index (κ1) is 11.9. The van der Waals surface area contributed by atoms with E-state index in [1.54, 1.807) is 0 Å². The number of esters is 1. The Morgan fingerprint density at radius 1 is 1.46 bits per heavy atom. The summed E-state index contributed by atoms with van der Waals surface area (Å²) in [7, 11) is 0. The molecule has 0 fully saturated rings. The van der Waals surface area contributed by atoms with Crippen LogP contribution in [0.5, 0.6) is 0 Å². The van der Waals surface area contributed by atoms with E-state index in [-0.39, 0.29) is 18.0 Å². The Labute approximate surface area is 78.2 Å². The van der Waals surface area contributed by atoms with E-state index in [0.717, 1.165) is 0 Å². The fourth-order valence-electron chi connectivity index (χ4n) is 1.17. The van der Waals surface area contributed by atoms with Gasteiger partial charge in [-0.3, -0.25) is 9.59 Å². The number of rotatable bonds is 6. The summed E-state index contributed by atoms with van der Waals surface area (Å²) in [5.74, 6) is -0.0736. The molecule has 0 aromatic rings. The minimum atomic E-state index is -0.281. The summed E-state index contributed by atoms with van der Waals surface area (Å²) in [6.45, 7) is 5.92. The van der Waals surface area contributed by atoms with Crippen LogP contribution in [0.1, 0.15) is 27.2 Å². The fraction of sp³-hybridized carbons (Fsp3) is 0.778. The van der Waals surface area contributed by atoms with Crippen LogP contribution in [0.3, 0.4) is 0 Å². The molecule has 0 spiro atoms. The lowest BCUT2D eigenvalue weighted by Crippen LogP contribution is -2.18. The highest BCUT2D eigenvalue weighted by Crippen LogP contribution is 2.08. The molecule has 4 nitrogen and oxygen atoms in total. The van der Waals surface area contributed by atoms with Crippen molar-refractivity contribution in [3.05, 3.63) is 0 Å². The molecular weight excluding hydrogens is 172 g/mol. The summed E-state index contributed by atoms with van der Waals surface area (Å²) in [5.41, 5.74) is 0. The van der Waals surface area contributed by atoms with Crippen molar-refractivity contribution in [2.75, 3.05) is 6.61 Å². The van der Waals surface area contributed by atoms with Crippen LogP contribution in [0.25, 0.3) is 0 Å². The molecule has 0 aromatic heterocycles. The summed E-state index contributed by atoms with van der Waals surface area (Å²) >= 11 is 0. The molecule has 0 rings (SSSR count). The third kappa shape index (κ3) is 7.31. The quantitative estimate of drug-likeness (QED) is 0.463. The van der Waals surface area contributed by atoms with Gasteiger partial charge >= 0.3 is 5.97 Å². The highest BCUT2D eigenvalue weighted by molar-refractivity contribution is 5.66. The lowest BCUT2D eigenvalue weighted by atomic mass is 10.1. The Morgan fingerprint density at radius 3 is 2.54 bits per heavy atom. The second kappa shape index (κ2) is 6.46. The molecule has 0 heterocycles. The molecule has 4 heteroatoms. The van der Waals surface area contributed by atoms with Crippen molar-refractivity contribution in [2.24, 2.45) is 5.92 Å². The maximum Gasteiger partial charge on any atom is 0.302 e. The molecule has 13 heavy (non-hydrogen) atoms. The van der Waals surface area contributed by atoms with Gasteiger partial charge in [-0.05, 0) is 19.3 Å². The minimum Gasteiger partial charge on any atom is -0.468 e. The molecule has 2 unspecified atom stereocenters. The van der Waals surface area contributed by atoms with Crippen LogP contribution in [0, 0.1) is 5.92 Å². The second-order valence-electron chi connectivity index (χ2n) is 3.19. The molecule has 0 bridgehead atoms. The number of hydrogen-bond donors (Lipinski definition) is 0. The standard InChI is InChI=1S/C9H16O4/c1-7(5-12-6-10)4-8(2)13-9(3)11/h6-8H,4-5H2,1-3H3. The Bertz CT molecular complexity index is 167. The first-order chi connectivity index (χ1) is 6.06. The molecule has 0 aliphatic rings. The van der Waals surface area contributed by atoms with E-state index in [1.165, 1.54) is 6.92 Å². The molecule has 0 aromatic carbocycles. The van der Waals surface area contributed by atoms with Crippen molar-refractivity contribution in [3.63, 3.8) is 0 Å². The summed E-state index contributed by atoms with van der Waals surface area (Å²) in [5, 5.41) is 0. The summed E-state index contributed by atoms with van der Waals surface area (Å²) < 4.78 is 9.50. The molecule has 0 aliphatic heterocycles. The largest absolute Gasteiger partial charge is 0.468 e. The molecule has 0 aliphatic carbocycles. The van der Waals surface area contributed by atoms with Gasteiger partial charge in [0.2, 0.25) is 0 Å². The smallest absolute Gasteiger partial charge is 0.302 e. The third-order valence-electron chi connectivity index (χ3n) is 1.55. The van der Waals surface area contributed by atoms with Crippen LogP contribution in [0.4, 0.5) is 0 Å². The minimum absolute atomic E-state index is 0.122. The Hall–Kier alpha value is -1.06. The van der Waals surface area contributed by atoms with E-state index in [1.807, 2.05) is 13.8 Å². The average Bonchev–Trinajstić information content (AvgIpc) is 1.98. The SMILES string of the molecule is CC(=O)OC(C)CC(C)COC=O. The van der Waals surface area contributed by atoms with Gasteiger partial charge in [0.1, 0.15) is 0 Å². The van der Waals surface area contributed by atoms with Crippen molar-refractivity contribution in [1.82, 2.24) is 0 Å². The van der Waals surface area contributed by atoms with Gasteiger partial charge in [-0.2, -0.15) is 0 Å². The summed E-state index contributed by atoms with van der Waals surface area (Å²) in [4.78, 5) is 20.4. The molecular formula is C9H16O4. The number of hydrogen-bond acceptors (Lipinski definition) is 4. The molecule has 0 saturated carbocycles. The molecule has 0 amide bonds. The van der Waals surface area contributed by atoms with Crippen molar-refractivity contribution in [2.45, 2.75) is 33.3 Å². The van der Waals surface area contributed by atoms with Crippen molar-refractivity contribution in [3.8, 4) is 0 Å². The van der Waals surface area contributed by atoms with Crippen LogP contribution in [-0.4, -0.2) is 25.2 Å². The summed E-state index contributed by atoms with van der Waals surface area (Å²) in [6.07, 6.45) is 0.579. The van der Waals surface area contributed by atoms with Crippen molar-refractivity contribution in [1.29, 1.82) is 0 Å². The maximum atomic E-state index is 10.5. The molecule has 76 valence electrons. The van der Waals surface area contributed by atoms with Gasteiger partial charge in [-0.1, -0.05) is 6.92 Å². The van der Waals surface area contributed by atoms with Gasteiger partial charge in [-0.25, -0.2) is 0 Å².